The maximum atomic E-state index is 12.3. The van der Waals surface area contributed by atoms with Crippen LogP contribution < -0.4 is 4.74 Å². The second-order valence-corrected chi connectivity index (χ2v) is 4.62. The Kier molecular flexibility index (Phi) is 3.66. The highest BCUT2D eigenvalue weighted by Gasteiger charge is 2.17. The molecule has 0 heterocycles. The minimum absolute atomic E-state index is 0.130. The van der Waals surface area contributed by atoms with E-state index in [-0.39, 0.29) is 5.78 Å². The average molecular weight is 242 g/mol. The third-order valence-corrected chi connectivity index (χ3v) is 3.56. The summed E-state index contributed by atoms with van der Waals surface area (Å²) in [5.74, 6) is 0.785. The van der Waals surface area contributed by atoms with Crippen LogP contribution in [0.5, 0.6) is 5.75 Å². The minimum Gasteiger partial charge on any atom is -0.496 e. The highest BCUT2D eigenvalue weighted by atomic mass is 16.5. The second-order valence-electron chi connectivity index (χ2n) is 4.62. The molecule has 94 valence electrons. The third kappa shape index (κ3) is 2.37. The van der Waals surface area contributed by atoms with E-state index in [1.807, 2.05) is 24.3 Å². The molecule has 2 rings (SSSR count). The summed E-state index contributed by atoms with van der Waals surface area (Å²) in [5, 5.41) is 0. The molecule has 2 heteroatoms. The number of carbonyl (C=O) groups is 1. The van der Waals surface area contributed by atoms with E-state index >= 15 is 0 Å². The van der Waals surface area contributed by atoms with Crippen molar-refractivity contribution in [1.82, 2.24) is 0 Å². The Morgan fingerprint density at radius 1 is 1.28 bits per heavy atom. The first-order valence-electron chi connectivity index (χ1n) is 6.15. The number of ether oxygens (including phenoxy) is 1. The minimum atomic E-state index is 0.130. The Balaban J connectivity index is 2.19. The van der Waals surface area contributed by atoms with E-state index in [4.69, 9.17) is 4.74 Å². The zero-order valence-corrected chi connectivity index (χ0v) is 11.1. The Bertz CT molecular complexity index is 536. The fourth-order valence-corrected chi connectivity index (χ4v) is 2.23. The molecule has 1 aliphatic rings. The van der Waals surface area contributed by atoms with Crippen molar-refractivity contribution in [3.05, 3.63) is 52.6 Å². The van der Waals surface area contributed by atoms with E-state index in [9.17, 15) is 4.79 Å². The van der Waals surface area contributed by atoms with Gasteiger partial charge in [-0.25, -0.2) is 0 Å². The number of Topliss-reactive ketones (excluding diaryl/α,β-unsaturated/α-hetero) is 1. The van der Waals surface area contributed by atoms with Gasteiger partial charge in [0.25, 0.3) is 0 Å². The van der Waals surface area contributed by atoms with Gasteiger partial charge in [0, 0.05) is 6.42 Å². The van der Waals surface area contributed by atoms with Crippen LogP contribution in [-0.4, -0.2) is 12.9 Å². The van der Waals surface area contributed by atoms with Gasteiger partial charge in [-0.1, -0.05) is 29.4 Å². The number of ketones is 1. The zero-order chi connectivity index (χ0) is 13.1. The van der Waals surface area contributed by atoms with Crippen LogP contribution in [0.4, 0.5) is 0 Å². The molecule has 0 amide bonds. The molecular weight excluding hydrogens is 224 g/mol. The molecular formula is C16H18O2. The standard InChI is InChI=1S/C16H18O2/c1-11-8-9-13(12(11)2)10-15(17)14-6-4-5-7-16(14)18-3/h4-8H,9-10H2,1-3H3. The molecule has 0 bridgehead atoms. The Morgan fingerprint density at radius 3 is 2.61 bits per heavy atom. The Hall–Kier alpha value is -1.83. The maximum absolute atomic E-state index is 12.3. The summed E-state index contributed by atoms with van der Waals surface area (Å²) in [4.78, 5) is 12.3. The summed E-state index contributed by atoms with van der Waals surface area (Å²) in [5.41, 5.74) is 4.45. The van der Waals surface area contributed by atoms with Gasteiger partial charge in [0.2, 0.25) is 0 Å². The SMILES string of the molecule is COc1ccccc1C(=O)CC1=C(C)C(C)=CC1. The van der Waals surface area contributed by atoms with Crippen LogP contribution in [0.25, 0.3) is 0 Å². The lowest BCUT2D eigenvalue weighted by Gasteiger charge is -2.08. The molecule has 18 heavy (non-hydrogen) atoms. The molecule has 0 N–H and O–H groups in total. The normalized spacial score (nSPS) is 14.7. The summed E-state index contributed by atoms with van der Waals surface area (Å²) in [6.07, 6.45) is 3.57. The van der Waals surface area contributed by atoms with Crippen LogP contribution in [0.2, 0.25) is 0 Å². The number of hydrogen-bond donors (Lipinski definition) is 0. The van der Waals surface area contributed by atoms with Crippen molar-refractivity contribution in [3.8, 4) is 5.75 Å². The Labute approximate surface area is 108 Å². The van der Waals surface area contributed by atoms with Gasteiger partial charge in [-0.15, -0.1) is 0 Å². The molecule has 0 unspecified atom stereocenters. The molecule has 1 aromatic carbocycles. The number of benzene rings is 1. The van der Waals surface area contributed by atoms with Crippen molar-refractivity contribution >= 4 is 5.78 Å². The zero-order valence-electron chi connectivity index (χ0n) is 11.1. The maximum Gasteiger partial charge on any atom is 0.170 e. The lowest BCUT2D eigenvalue weighted by Crippen LogP contribution is -2.03. The fourth-order valence-electron chi connectivity index (χ4n) is 2.23. The molecule has 0 saturated heterocycles. The third-order valence-electron chi connectivity index (χ3n) is 3.56. The van der Waals surface area contributed by atoms with Gasteiger partial charge in [0.05, 0.1) is 12.7 Å². The van der Waals surface area contributed by atoms with Crippen molar-refractivity contribution in [2.45, 2.75) is 26.7 Å². The molecule has 0 spiro atoms. The van der Waals surface area contributed by atoms with Gasteiger partial charge < -0.3 is 4.74 Å². The summed E-state index contributed by atoms with van der Waals surface area (Å²) >= 11 is 0. The molecule has 0 saturated carbocycles. The van der Waals surface area contributed by atoms with Crippen LogP contribution in [0.3, 0.4) is 0 Å². The highest BCUT2D eigenvalue weighted by Crippen LogP contribution is 2.30. The largest absolute Gasteiger partial charge is 0.496 e. The predicted octanol–water partition coefficient (Wildman–Crippen LogP) is 3.93. The fraction of sp³-hybridized carbons (Fsp3) is 0.312. The number of rotatable bonds is 4. The molecule has 2 nitrogen and oxygen atoms in total. The number of hydrogen-bond acceptors (Lipinski definition) is 2. The van der Waals surface area contributed by atoms with Crippen molar-refractivity contribution < 1.29 is 9.53 Å². The number of methoxy groups -OCH3 is 1. The quantitative estimate of drug-likeness (QED) is 0.748. The molecule has 0 atom stereocenters. The lowest BCUT2D eigenvalue weighted by atomic mass is 9.99. The van der Waals surface area contributed by atoms with E-state index in [1.54, 1.807) is 7.11 Å². The molecule has 1 aromatic rings. The first-order chi connectivity index (χ1) is 8.63. The molecule has 0 aromatic heterocycles. The average Bonchev–Trinajstić information content (AvgIpc) is 2.70. The van der Waals surface area contributed by atoms with Gasteiger partial charge >= 0.3 is 0 Å². The predicted molar refractivity (Wildman–Crippen MR) is 73.0 cm³/mol. The Morgan fingerprint density at radius 2 is 2.00 bits per heavy atom. The van der Waals surface area contributed by atoms with Crippen LogP contribution in [0.1, 0.15) is 37.0 Å². The summed E-state index contributed by atoms with van der Waals surface area (Å²) < 4.78 is 5.23. The monoisotopic (exact) mass is 242 g/mol. The number of allylic oxidation sites excluding steroid dienone is 4. The highest BCUT2D eigenvalue weighted by molar-refractivity contribution is 6.00. The smallest absolute Gasteiger partial charge is 0.170 e. The van der Waals surface area contributed by atoms with Crippen LogP contribution in [0.15, 0.2) is 47.1 Å². The summed E-state index contributed by atoms with van der Waals surface area (Å²) in [6, 6.07) is 7.40. The van der Waals surface area contributed by atoms with Gasteiger partial charge in [0.15, 0.2) is 5.78 Å². The van der Waals surface area contributed by atoms with Gasteiger partial charge in [-0.05, 0) is 38.0 Å². The van der Waals surface area contributed by atoms with Crippen molar-refractivity contribution in [2.75, 3.05) is 7.11 Å². The van der Waals surface area contributed by atoms with Crippen LogP contribution in [0, 0.1) is 0 Å². The van der Waals surface area contributed by atoms with Crippen LogP contribution >= 0.6 is 0 Å². The van der Waals surface area contributed by atoms with Gasteiger partial charge in [-0.2, -0.15) is 0 Å². The molecule has 0 radical (unpaired) electrons. The summed E-state index contributed by atoms with van der Waals surface area (Å²) in [6.45, 7) is 4.18. The van der Waals surface area contributed by atoms with E-state index in [1.165, 1.54) is 16.7 Å². The topological polar surface area (TPSA) is 26.3 Å². The number of para-hydroxylation sites is 1. The van der Waals surface area contributed by atoms with Crippen molar-refractivity contribution in [3.63, 3.8) is 0 Å². The van der Waals surface area contributed by atoms with E-state index < -0.39 is 0 Å². The van der Waals surface area contributed by atoms with E-state index in [2.05, 4.69) is 19.9 Å². The van der Waals surface area contributed by atoms with Crippen LogP contribution in [-0.2, 0) is 0 Å². The first-order valence-corrected chi connectivity index (χ1v) is 6.15. The first kappa shape index (κ1) is 12.6. The van der Waals surface area contributed by atoms with Crippen molar-refractivity contribution in [1.29, 1.82) is 0 Å². The molecule has 0 aliphatic heterocycles. The van der Waals surface area contributed by atoms with Gasteiger partial charge in [0.1, 0.15) is 5.75 Å². The molecule has 1 aliphatic carbocycles. The van der Waals surface area contributed by atoms with Gasteiger partial charge in [-0.3, -0.25) is 4.79 Å². The van der Waals surface area contributed by atoms with E-state index in [0.29, 0.717) is 17.7 Å². The summed E-state index contributed by atoms with van der Waals surface area (Å²) in [7, 11) is 1.60. The lowest BCUT2D eigenvalue weighted by molar-refractivity contribution is 0.0989. The van der Waals surface area contributed by atoms with E-state index in [0.717, 1.165) is 6.42 Å². The molecule has 0 fully saturated rings. The second kappa shape index (κ2) is 5.21. The van der Waals surface area contributed by atoms with Crippen molar-refractivity contribution in [2.24, 2.45) is 0 Å². The number of carbonyl (C=O) groups excluding carboxylic acids is 1.